The van der Waals surface area contributed by atoms with Gasteiger partial charge >= 0.3 is 0 Å². The second-order valence-corrected chi connectivity index (χ2v) is 6.98. The number of amides is 1. The van der Waals surface area contributed by atoms with Crippen LogP contribution in [0, 0.1) is 11.6 Å². The summed E-state index contributed by atoms with van der Waals surface area (Å²) < 4.78 is 27.0. The number of piperazine rings is 1. The van der Waals surface area contributed by atoms with Crippen LogP contribution < -0.4 is 4.90 Å². The molecular formula is C22H21F2N3O. The van der Waals surface area contributed by atoms with Crippen molar-refractivity contribution in [1.82, 2.24) is 9.88 Å². The van der Waals surface area contributed by atoms with Crippen LogP contribution in [0.3, 0.4) is 0 Å². The van der Waals surface area contributed by atoms with E-state index < -0.39 is 11.6 Å². The Bertz CT molecular complexity index is 995. The zero-order valence-electron chi connectivity index (χ0n) is 15.4. The lowest BCUT2D eigenvalue weighted by Crippen LogP contribution is -2.49. The van der Waals surface area contributed by atoms with E-state index in [1.807, 2.05) is 30.6 Å². The highest BCUT2D eigenvalue weighted by Crippen LogP contribution is 2.26. The standard InChI is InChI=1S/C22H21F2N3O/c23-18-6-7-20(24)16(13-18)5-8-22(28)27-11-9-26(10-12-27)21-15-25-14-17-3-1-2-4-19(17)21/h1-4,6-7,13-15H,5,8-12H2. The number of nitrogens with zero attached hydrogens (tertiary/aromatic N) is 3. The number of hydrogen-bond donors (Lipinski definition) is 0. The van der Waals surface area contributed by atoms with Gasteiger partial charge in [-0.3, -0.25) is 9.78 Å². The molecule has 1 amide bonds. The van der Waals surface area contributed by atoms with Crippen LogP contribution in [0.2, 0.25) is 0 Å². The lowest BCUT2D eigenvalue weighted by atomic mass is 10.1. The Labute approximate surface area is 162 Å². The number of aryl methyl sites for hydroxylation is 1. The van der Waals surface area contributed by atoms with E-state index in [0.717, 1.165) is 47.7 Å². The summed E-state index contributed by atoms with van der Waals surface area (Å²) in [5.41, 5.74) is 1.32. The van der Waals surface area contributed by atoms with Crippen molar-refractivity contribution in [2.75, 3.05) is 31.1 Å². The van der Waals surface area contributed by atoms with Crippen LogP contribution in [0.5, 0.6) is 0 Å². The first-order chi connectivity index (χ1) is 13.6. The Hall–Kier alpha value is -3.02. The van der Waals surface area contributed by atoms with Crippen LogP contribution in [0.25, 0.3) is 10.8 Å². The third-order valence-corrected chi connectivity index (χ3v) is 5.24. The van der Waals surface area contributed by atoms with Gasteiger partial charge in [0.1, 0.15) is 11.6 Å². The molecule has 1 aliphatic rings. The third kappa shape index (κ3) is 3.81. The molecule has 1 fully saturated rings. The molecule has 0 radical (unpaired) electrons. The lowest BCUT2D eigenvalue weighted by molar-refractivity contribution is -0.131. The number of fused-ring (bicyclic) bond motifs is 1. The van der Waals surface area contributed by atoms with E-state index in [1.165, 1.54) is 0 Å². The molecule has 0 bridgehead atoms. The minimum atomic E-state index is -0.485. The van der Waals surface area contributed by atoms with Gasteiger partial charge in [-0.05, 0) is 30.2 Å². The maximum absolute atomic E-state index is 13.7. The average molecular weight is 381 g/mol. The zero-order valence-corrected chi connectivity index (χ0v) is 15.4. The molecule has 0 unspecified atom stereocenters. The molecule has 4 rings (SSSR count). The molecule has 0 saturated carbocycles. The highest BCUT2D eigenvalue weighted by Gasteiger charge is 2.22. The highest BCUT2D eigenvalue weighted by molar-refractivity contribution is 5.93. The fourth-order valence-electron chi connectivity index (χ4n) is 3.68. The summed E-state index contributed by atoms with van der Waals surface area (Å²) in [6.45, 7) is 2.65. The van der Waals surface area contributed by atoms with Crippen LogP contribution in [-0.2, 0) is 11.2 Å². The second kappa shape index (κ2) is 7.92. The van der Waals surface area contributed by atoms with Crippen molar-refractivity contribution in [2.45, 2.75) is 12.8 Å². The first kappa shape index (κ1) is 18.3. The molecule has 6 heteroatoms. The van der Waals surface area contributed by atoms with Gasteiger partial charge in [0.05, 0.1) is 11.9 Å². The summed E-state index contributed by atoms with van der Waals surface area (Å²) in [4.78, 5) is 20.9. The van der Waals surface area contributed by atoms with Crippen molar-refractivity contribution >= 4 is 22.4 Å². The summed E-state index contributed by atoms with van der Waals surface area (Å²) in [6.07, 6.45) is 4.10. The molecule has 0 spiro atoms. The molecule has 1 aromatic heterocycles. The number of hydrogen-bond acceptors (Lipinski definition) is 3. The molecule has 3 aromatic rings. The highest BCUT2D eigenvalue weighted by atomic mass is 19.1. The number of aromatic nitrogens is 1. The number of carbonyl (C=O) groups excluding carboxylic acids is 1. The van der Waals surface area contributed by atoms with Crippen LogP contribution in [0.1, 0.15) is 12.0 Å². The van der Waals surface area contributed by atoms with E-state index in [2.05, 4.69) is 16.0 Å². The number of halogens is 2. The summed E-state index contributed by atoms with van der Waals surface area (Å²) in [5.74, 6) is -0.983. The molecule has 0 N–H and O–H groups in total. The minimum Gasteiger partial charge on any atom is -0.366 e. The van der Waals surface area contributed by atoms with Crippen molar-refractivity contribution in [3.8, 4) is 0 Å². The van der Waals surface area contributed by atoms with Crippen LogP contribution >= 0.6 is 0 Å². The van der Waals surface area contributed by atoms with Crippen molar-refractivity contribution in [2.24, 2.45) is 0 Å². The maximum Gasteiger partial charge on any atom is 0.223 e. The largest absolute Gasteiger partial charge is 0.366 e. The number of benzene rings is 2. The molecule has 28 heavy (non-hydrogen) atoms. The lowest BCUT2D eigenvalue weighted by Gasteiger charge is -2.36. The van der Waals surface area contributed by atoms with Gasteiger partial charge in [-0.15, -0.1) is 0 Å². The predicted octanol–water partition coefficient (Wildman–Crippen LogP) is 3.79. The van der Waals surface area contributed by atoms with Gasteiger partial charge < -0.3 is 9.80 Å². The maximum atomic E-state index is 13.7. The molecule has 2 aromatic carbocycles. The molecule has 4 nitrogen and oxygen atoms in total. The monoisotopic (exact) mass is 381 g/mol. The summed E-state index contributed by atoms with van der Waals surface area (Å²) >= 11 is 0. The zero-order chi connectivity index (χ0) is 19.5. The first-order valence-corrected chi connectivity index (χ1v) is 9.41. The minimum absolute atomic E-state index is 0.0284. The number of carbonyl (C=O) groups is 1. The smallest absolute Gasteiger partial charge is 0.223 e. The molecule has 0 aliphatic carbocycles. The predicted molar refractivity (Wildman–Crippen MR) is 105 cm³/mol. The van der Waals surface area contributed by atoms with Gasteiger partial charge in [-0.2, -0.15) is 0 Å². The molecule has 1 saturated heterocycles. The van der Waals surface area contributed by atoms with Crippen molar-refractivity contribution < 1.29 is 13.6 Å². The van der Waals surface area contributed by atoms with Gasteiger partial charge in [0.2, 0.25) is 5.91 Å². The first-order valence-electron chi connectivity index (χ1n) is 9.41. The normalized spacial score (nSPS) is 14.5. The van der Waals surface area contributed by atoms with Gasteiger partial charge in [0, 0.05) is 49.6 Å². The molecule has 144 valence electrons. The quantitative estimate of drug-likeness (QED) is 0.690. The Morgan fingerprint density at radius 2 is 1.79 bits per heavy atom. The number of anilines is 1. The van der Waals surface area contributed by atoms with Crippen molar-refractivity contribution in [1.29, 1.82) is 0 Å². The van der Waals surface area contributed by atoms with Crippen LogP contribution in [0.15, 0.2) is 54.9 Å². The van der Waals surface area contributed by atoms with Gasteiger partial charge in [-0.25, -0.2) is 8.78 Å². The average Bonchev–Trinajstić information content (AvgIpc) is 2.74. The number of pyridine rings is 1. The van der Waals surface area contributed by atoms with Crippen LogP contribution in [-0.4, -0.2) is 42.0 Å². The van der Waals surface area contributed by atoms with E-state index in [1.54, 1.807) is 4.90 Å². The summed E-state index contributed by atoms with van der Waals surface area (Å²) in [6, 6.07) is 11.5. The molecule has 1 aliphatic heterocycles. The molecular weight excluding hydrogens is 360 g/mol. The topological polar surface area (TPSA) is 36.4 Å². The van der Waals surface area contributed by atoms with Crippen LogP contribution in [0.4, 0.5) is 14.5 Å². The SMILES string of the molecule is O=C(CCc1cc(F)ccc1F)N1CCN(c2cncc3ccccc23)CC1. The van der Waals surface area contributed by atoms with E-state index >= 15 is 0 Å². The van der Waals surface area contributed by atoms with E-state index in [-0.39, 0.29) is 24.3 Å². The van der Waals surface area contributed by atoms with E-state index in [9.17, 15) is 13.6 Å². The third-order valence-electron chi connectivity index (χ3n) is 5.24. The van der Waals surface area contributed by atoms with Crippen molar-refractivity contribution in [3.63, 3.8) is 0 Å². The second-order valence-electron chi connectivity index (χ2n) is 6.98. The Balaban J connectivity index is 1.37. The van der Waals surface area contributed by atoms with Crippen molar-refractivity contribution in [3.05, 3.63) is 72.1 Å². The van der Waals surface area contributed by atoms with Gasteiger partial charge in [0.15, 0.2) is 0 Å². The Morgan fingerprint density at radius 3 is 2.61 bits per heavy atom. The Kier molecular flexibility index (Phi) is 5.19. The van der Waals surface area contributed by atoms with E-state index in [4.69, 9.17) is 0 Å². The molecule has 2 heterocycles. The summed E-state index contributed by atoms with van der Waals surface area (Å²) in [5, 5.41) is 2.24. The van der Waals surface area contributed by atoms with Gasteiger partial charge in [-0.1, -0.05) is 24.3 Å². The Morgan fingerprint density at radius 1 is 1.00 bits per heavy atom. The fraction of sp³-hybridized carbons (Fsp3) is 0.273. The van der Waals surface area contributed by atoms with Gasteiger partial charge in [0.25, 0.3) is 0 Å². The van der Waals surface area contributed by atoms with E-state index in [0.29, 0.717) is 13.1 Å². The summed E-state index contributed by atoms with van der Waals surface area (Å²) in [7, 11) is 0. The fourth-order valence-corrected chi connectivity index (χ4v) is 3.68. The number of rotatable bonds is 4. The molecule has 0 atom stereocenters.